The van der Waals surface area contributed by atoms with Crippen molar-refractivity contribution in [2.24, 2.45) is 0 Å². The SMILES string of the molecule is CC(C)c1cccc(C(C)C)c1NC(=O)CCCCCSc1nc2cc(N(C)C)ccc2o1. The summed E-state index contributed by atoms with van der Waals surface area (Å²) in [6.07, 6.45) is 3.46. The zero-order valence-electron chi connectivity index (χ0n) is 20.8. The average Bonchev–Trinajstić information content (AvgIpc) is 3.17. The molecule has 0 saturated carbocycles. The molecule has 1 N–H and O–H groups in total. The standard InChI is InChI=1S/C27H37N3O2S/c1-18(2)21-11-10-12-22(19(3)4)26(21)29-25(31)13-8-7-9-16-33-27-28-23-17-20(30(5)6)14-15-24(23)32-27/h10-12,14-15,17-19H,7-9,13,16H2,1-6H3,(H,29,31). The Balaban J connectivity index is 1.44. The Labute approximate surface area is 202 Å². The van der Waals surface area contributed by atoms with E-state index in [-0.39, 0.29) is 5.91 Å². The third kappa shape index (κ3) is 6.76. The van der Waals surface area contributed by atoms with Crippen LogP contribution < -0.4 is 10.2 Å². The lowest BCUT2D eigenvalue weighted by molar-refractivity contribution is -0.116. The average molecular weight is 468 g/mol. The number of amides is 1. The molecule has 1 heterocycles. The van der Waals surface area contributed by atoms with E-state index in [2.05, 4.69) is 61.1 Å². The minimum Gasteiger partial charge on any atom is -0.431 e. The van der Waals surface area contributed by atoms with Crippen LogP contribution in [0.5, 0.6) is 0 Å². The van der Waals surface area contributed by atoms with Crippen LogP contribution >= 0.6 is 11.8 Å². The maximum absolute atomic E-state index is 12.6. The smallest absolute Gasteiger partial charge is 0.256 e. The van der Waals surface area contributed by atoms with E-state index in [1.54, 1.807) is 11.8 Å². The summed E-state index contributed by atoms with van der Waals surface area (Å²) in [5.41, 5.74) is 6.26. The third-order valence-electron chi connectivity index (χ3n) is 5.78. The van der Waals surface area contributed by atoms with Gasteiger partial charge in [-0.1, -0.05) is 64.1 Å². The van der Waals surface area contributed by atoms with Crippen molar-refractivity contribution in [2.75, 3.05) is 30.1 Å². The van der Waals surface area contributed by atoms with Gasteiger partial charge in [0.25, 0.3) is 5.22 Å². The highest BCUT2D eigenvalue weighted by Gasteiger charge is 2.16. The molecule has 5 nitrogen and oxygen atoms in total. The molecule has 0 radical (unpaired) electrons. The van der Waals surface area contributed by atoms with Gasteiger partial charge in [0.2, 0.25) is 5.91 Å². The fourth-order valence-corrected chi connectivity index (χ4v) is 4.69. The largest absolute Gasteiger partial charge is 0.431 e. The van der Waals surface area contributed by atoms with E-state index in [4.69, 9.17) is 4.42 Å². The first-order chi connectivity index (χ1) is 15.8. The van der Waals surface area contributed by atoms with Gasteiger partial charge >= 0.3 is 0 Å². The highest BCUT2D eigenvalue weighted by Crippen LogP contribution is 2.32. The molecule has 0 aliphatic carbocycles. The predicted molar refractivity (Wildman–Crippen MR) is 141 cm³/mol. The topological polar surface area (TPSA) is 58.4 Å². The number of thioether (sulfide) groups is 1. The molecule has 0 aliphatic rings. The zero-order valence-corrected chi connectivity index (χ0v) is 21.6. The Morgan fingerprint density at radius 2 is 1.73 bits per heavy atom. The summed E-state index contributed by atoms with van der Waals surface area (Å²) in [6.45, 7) is 8.69. The Morgan fingerprint density at radius 1 is 1.03 bits per heavy atom. The Kier molecular flexibility index (Phi) is 8.84. The fourth-order valence-electron chi connectivity index (χ4n) is 3.86. The molecule has 0 saturated heterocycles. The van der Waals surface area contributed by atoms with Crippen molar-refractivity contribution in [3.8, 4) is 0 Å². The van der Waals surface area contributed by atoms with Gasteiger partial charge in [-0.15, -0.1) is 0 Å². The number of fused-ring (bicyclic) bond motifs is 1. The van der Waals surface area contributed by atoms with Crippen LogP contribution in [0.25, 0.3) is 11.1 Å². The summed E-state index contributed by atoms with van der Waals surface area (Å²) in [5.74, 6) is 1.78. The van der Waals surface area contributed by atoms with Crippen molar-refractivity contribution in [1.82, 2.24) is 4.98 Å². The van der Waals surface area contributed by atoms with Crippen LogP contribution in [0.3, 0.4) is 0 Å². The molecule has 0 bridgehead atoms. The number of hydrogen-bond acceptors (Lipinski definition) is 5. The monoisotopic (exact) mass is 467 g/mol. The molecule has 6 heteroatoms. The maximum Gasteiger partial charge on any atom is 0.256 e. The third-order valence-corrected chi connectivity index (χ3v) is 6.69. The molecule has 0 fully saturated rings. The number of carbonyl (C=O) groups excluding carboxylic acids is 1. The van der Waals surface area contributed by atoms with E-state index in [0.29, 0.717) is 23.5 Å². The van der Waals surface area contributed by atoms with Gasteiger partial charge in [-0.25, -0.2) is 4.98 Å². The number of anilines is 2. The van der Waals surface area contributed by atoms with E-state index < -0.39 is 0 Å². The summed E-state index contributed by atoms with van der Waals surface area (Å²) in [5, 5.41) is 3.93. The number of benzene rings is 2. The second kappa shape index (κ2) is 11.6. The van der Waals surface area contributed by atoms with Gasteiger partial charge in [-0.2, -0.15) is 0 Å². The maximum atomic E-state index is 12.6. The second-order valence-electron chi connectivity index (χ2n) is 9.35. The second-order valence-corrected chi connectivity index (χ2v) is 10.4. The van der Waals surface area contributed by atoms with E-state index >= 15 is 0 Å². The molecule has 0 unspecified atom stereocenters. The van der Waals surface area contributed by atoms with Crippen molar-refractivity contribution in [1.29, 1.82) is 0 Å². The summed E-state index contributed by atoms with van der Waals surface area (Å²) in [4.78, 5) is 19.3. The minimum absolute atomic E-state index is 0.105. The number of nitrogens with one attached hydrogen (secondary N) is 1. The van der Waals surface area contributed by atoms with E-state index in [1.807, 2.05) is 32.3 Å². The van der Waals surface area contributed by atoms with Crippen LogP contribution in [-0.2, 0) is 4.79 Å². The van der Waals surface area contributed by atoms with Crippen LogP contribution in [0.4, 0.5) is 11.4 Å². The van der Waals surface area contributed by atoms with Crippen molar-refractivity contribution >= 4 is 40.1 Å². The Hall–Kier alpha value is -2.47. The van der Waals surface area contributed by atoms with E-state index in [1.165, 1.54) is 11.1 Å². The molecule has 33 heavy (non-hydrogen) atoms. The van der Waals surface area contributed by atoms with Gasteiger partial charge in [-0.05, 0) is 54.0 Å². The lowest BCUT2D eigenvalue weighted by atomic mass is 9.92. The number of oxazole rings is 1. The van der Waals surface area contributed by atoms with Gasteiger partial charge < -0.3 is 14.6 Å². The van der Waals surface area contributed by atoms with Gasteiger partial charge in [0, 0.05) is 37.6 Å². The van der Waals surface area contributed by atoms with E-state index in [9.17, 15) is 4.79 Å². The van der Waals surface area contributed by atoms with Crippen LogP contribution in [-0.4, -0.2) is 30.7 Å². The van der Waals surface area contributed by atoms with E-state index in [0.717, 1.165) is 47.5 Å². The van der Waals surface area contributed by atoms with Crippen molar-refractivity contribution in [2.45, 2.75) is 70.4 Å². The first kappa shape index (κ1) is 25.2. The molecule has 1 amide bonds. The minimum atomic E-state index is 0.105. The quantitative estimate of drug-likeness (QED) is 0.235. The molecule has 1 aromatic heterocycles. The molecule has 0 atom stereocenters. The number of para-hydroxylation sites is 1. The first-order valence-electron chi connectivity index (χ1n) is 11.9. The van der Waals surface area contributed by atoms with Crippen LogP contribution in [0.1, 0.15) is 76.3 Å². The zero-order chi connectivity index (χ0) is 24.0. The molecular formula is C27H37N3O2S. The number of unbranched alkanes of at least 4 members (excludes halogenated alkanes) is 2. The summed E-state index contributed by atoms with van der Waals surface area (Å²) >= 11 is 1.64. The van der Waals surface area contributed by atoms with Crippen molar-refractivity contribution < 1.29 is 9.21 Å². The molecule has 0 aliphatic heterocycles. The van der Waals surface area contributed by atoms with Crippen LogP contribution in [0.15, 0.2) is 46.0 Å². The highest BCUT2D eigenvalue weighted by molar-refractivity contribution is 7.99. The number of carbonyl (C=O) groups is 1. The number of aromatic nitrogens is 1. The van der Waals surface area contributed by atoms with Gasteiger partial charge in [0.1, 0.15) is 5.52 Å². The lowest BCUT2D eigenvalue weighted by Crippen LogP contribution is -2.15. The fraction of sp³-hybridized carbons (Fsp3) is 0.481. The Bertz CT molecular complexity index is 1050. The summed E-state index contributed by atoms with van der Waals surface area (Å²) < 4.78 is 5.84. The van der Waals surface area contributed by atoms with Crippen molar-refractivity contribution in [3.05, 3.63) is 47.5 Å². The first-order valence-corrected chi connectivity index (χ1v) is 12.9. The predicted octanol–water partition coefficient (Wildman–Crippen LogP) is 7.43. The van der Waals surface area contributed by atoms with Gasteiger partial charge in [-0.3, -0.25) is 4.79 Å². The highest BCUT2D eigenvalue weighted by atomic mass is 32.2. The lowest BCUT2D eigenvalue weighted by Gasteiger charge is -2.20. The molecular weight excluding hydrogens is 430 g/mol. The normalized spacial score (nSPS) is 11.5. The summed E-state index contributed by atoms with van der Waals surface area (Å²) in [6, 6.07) is 12.4. The molecule has 178 valence electrons. The van der Waals surface area contributed by atoms with Crippen LogP contribution in [0.2, 0.25) is 0 Å². The molecule has 2 aromatic carbocycles. The van der Waals surface area contributed by atoms with Crippen molar-refractivity contribution in [3.63, 3.8) is 0 Å². The van der Waals surface area contributed by atoms with Crippen LogP contribution in [0, 0.1) is 0 Å². The number of rotatable bonds is 11. The molecule has 0 spiro atoms. The summed E-state index contributed by atoms with van der Waals surface area (Å²) in [7, 11) is 4.03. The Morgan fingerprint density at radius 3 is 2.36 bits per heavy atom. The molecule has 3 rings (SSSR count). The van der Waals surface area contributed by atoms with Gasteiger partial charge in [0.05, 0.1) is 0 Å². The molecule has 3 aromatic rings. The van der Waals surface area contributed by atoms with Gasteiger partial charge in [0.15, 0.2) is 5.58 Å². The number of hydrogen-bond donors (Lipinski definition) is 1. The number of nitrogens with zero attached hydrogens (tertiary/aromatic N) is 2.